The number of ether oxygens (including phenoxy) is 1. The Bertz CT molecular complexity index is 655. The van der Waals surface area contributed by atoms with E-state index >= 15 is 0 Å². The van der Waals surface area contributed by atoms with Crippen LogP contribution in [-0.4, -0.2) is 42.3 Å². The van der Waals surface area contributed by atoms with Crippen LogP contribution < -0.4 is 10.6 Å². The second kappa shape index (κ2) is 6.62. The quantitative estimate of drug-likeness (QED) is 0.867. The lowest BCUT2D eigenvalue weighted by atomic mass is 9.95. The molecule has 6 nitrogen and oxygen atoms in total. The van der Waals surface area contributed by atoms with E-state index in [-0.39, 0.29) is 18.1 Å². The summed E-state index contributed by atoms with van der Waals surface area (Å²) in [4.78, 5) is 25.1. The van der Waals surface area contributed by atoms with Crippen molar-refractivity contribution in [3.63, 3.8) is 0 Å². The molecular formula is C16H19F2N3O3. The van der Waals surface area contributed by atoms with Crippen molar-refractivity contribution in [2.24, 2.45) is 0 Å². The predicted molar refractivity (Wildman–Crippen MR) is 81.2 cm³/mol. The van der Waals surface area contributed by atoms with E-state index < -0.39 is 23.3 Å². The third kappa shape index (κ3) is 3.58. The smallest absolute Gasteiger partial charge is 0.407 e. The largest absolute Gasteiger partial charge is 0.441 e. The molecule has 1 aromatic rings. The molecule has 8 heteroatoms. The summed E-state index contributed by atoms with van der Waals surface area (Å²) in [6.07, 6.45) is 1.52. The molecule has 3 rings (SSSR count). The molecule has 2 aliphatic rings. The van der Waals surface area contributed by atoms with Gasteiger partial charge in [0.2, 0.25) is 0 Å². The molecule has 3 amide bonds. The molecule has 2 aliphatic heterocycles. The van der Waals surface area contributed by atoms with Gasteiger partial charge in [0.25, 0.3) is 0 Å². The summed E-state index contributed by atoms with van der Waals surface area (Å²) in [6, 6.07) is 2.80. The van der Waals surface area contributed by atoms with Gasteiger partial charge in [0.1, 0.15) is 17.2 Å². The van der Waals surface area contributed by atoms with Gasteiger partial charge in [-0.2, -0.15) is 0 Å². The number of likely N-dealkylation sites (tertiary alicyclic amines) is 1. The van der Waals surface area contributed by atoms with Crippen LogP contribution in [0, 0.1) is 11.6 Å². The van der Waals surface area contributed by atoms with E-state index in [0.717, 1.165) is 18.2 Å². The molecule has 0 unspecified atom stereocenters. The van der Waals surface area contributed by atoms with Crippen LogP contribution in [0.5, 0.6) is 0 Å². The van der Waals surface area contributed by atoms with Crippen molar-refractivity contribution >= 4 is 12.1 Å². The van der Waals surface area contributed by atoms with E-state index in [2.05, 4.69) is 10.6 Å². The molecule has 2 saturated heterocycles. The Labute approximate surface area is 138 Å². The first-order valence-electron chi connectivity index (χ1n) is 7.91. The third-order valence-corrected chi connectivity index (χ3v) is 4.49. The molecule has 24 heavy (non-hydrogen) atoms. The minimum Gasteiger partial charge on any atom is -0.441 e. The van der Waals surface area contributed by atoms with Crippen molar-refractivity contribution in [3.8, 4) is 0 Å². The number of carbonyl (C=O) groups is 2. The zero-order valence-corrected chi connectivity index (χ0v) is 13.1. The Morgan fingerprint density at radius 3 is 2.92 bits per heavy atom. The van der Waals surface area contributed by atoms with Crippen molar-refractivity contribution in [3.05, 3.63) is 35.4 Å². The van der Waals surface area contributed by atoms with Crippen molar-refractivity contribution in [1.29, 1.82) is 0 Å². The minimum atomic E-state index is -0.560. The van der Waals surface area contributed by atoms with Crippen LogP contribution >= 0.6 is 0 Å². The monoisotopic (exact) mass is 339 g/mol. The maximum Gasteiger partial charge on any atom is 0.407 e. The van der Waals surface area contributed by atoms with Crippen LogP contribution in [0.4, 0.5) is 18.4 Å². The number of hydrogen-bond acceptors (Lipinski definition) is 3. The SMILES string of the molecule is O=C1NC[C@]2(CCCN(C(=O)NCc3cc(F)ccc3F)CC2)O1. The summed E-state index contributed by atoms with van der Waals surface area (Å²) in [6.45, 7) is 1.33. The number of nitrogens with one attached hydrogen (secondary N) is 2. The lowest BCUT2D eigenvalue weighted by Gasteiger charge is -2.25. The topological polar surface area (TPSA) is 70.7 Å². The van der Waals surface area contributed by atoms with Gasteiger partial charge >= 0.3 is 12.1 Å². The maximum atomic E-state index is 13.6. The van der Waals surface area contributed by atoms with Gasteiger partial charge in [-0.05, 0) is 31.0 Å². The number of urea groups is 1. The van der Waals surface area contributed by atoms with Crippen LogP contribution in [0.15, 0.2) is 18.2 Å². The highest BCUT2D eigenvalue weighted by Gasteiger charge is 2.41. The van der Waals surface area contributed by atoms with Crippen molar-refractivity contribution < 1.29 is 23.1 Å². The van der Waals surface area contributed by atoms with E-state index in [1.165, 1.54) is 0 Å². The van der Waals surface area contributed by atoms with Gasteiger partial charge in [-0.25, -0.2) is 18.4 Å². The third-order valence-electron chi connectivity index (χ3n) is 4.49. The van der Waals surface area contributed by atoms with Crippen molar-refractivity contribution in [2.75, 3.05) is 19.6 Å². The molecule has 130 valence electrons. The highest BCUT2D eigenvalue weighted by atomic mass is 19.1. The van der Waals surface area contributed by atoms with Crippen molar-refractivity contribution in [2.45, 2.75) is 31.4 Å². The summed E-state index contributed by atoms with van der Waals surface area (Å²) < 4.78 is 32.1. The fraction of sp³-hybridized carbons (Fsp3) is 0.500. The number of alkyl carbamates (subject to hydrolysis) is 1. The average Bonchev–Trinajstić information content (AvgIpc) is 2.79. The van der Waals surface area contributed by atoms with E-state index in [9.17, 15) is 18.4 Å². The number of nitrogens with zero attached hydrogens (tertiary/aromatic N) is 1. The summed E-state index contributed by atoms with van der Waals surface area (Å²) in [7, 11) is 0. The maximum absolute atomic E-state index is 13.6. The first kappa shape index (κ1) is 16.5. The van der Waals surface area contributed by atoms with Gasteiger partial charge in [-0.1, -0.05) is 0 Å². The molecule has 0 bridgehead atoms. The Kier molecular flexibility index (Phi) is 4.55. The molecule has 0 radical (unpaired) electrons. The Morgan fingerprint density at radius 1 is 1.33 bits per heavy atom. The summed E-state index contributed by atoms with van der Waals surface area (Å²) >= 11 is 0. The number of rotatable bonds is 2. The number of halogens is 2. The van der Waals surface area contributed by atoms with Gasteiger partial charge in [0.15, 0.2) is 0 Å². The highest BCUT2D eigenvalue weighted by Crippen LogP contribution is 2.29. The second-order valence-corrected chi connectivity index (χ2v) is 6.16. The van der Waals surface area contributed by atoms with Crippen molar-refractivity contribution in [1.82, 2.24) is 15.5 Å². The molecule has 2 heterocycles. The molecule has 1 atom stereocenters. The first-order chi connectivity index (χ1) is 11.5. The zero-order valence-electron chi connectivity index (χ0n) is 13.1. The molecule has 1 spiro atoms. The highest BCUT2D eigenvalue weighted by molar-refractivity contribution is 5.74. The summed E-state index contributed by atoms with van der Waals surface area (Å²) in [5.74, 6) is -1.11. The fourth-order valence-electron chi connectivity index (χ4n) is 3.11. The summed E-state index contributed by atoms with van der Waals surface area (Å²) in [5.41, 5.74) is -0.440. The molecule has 0 aliphatic carbocycles. The van der Waals surface area contributed by atoms with E-state index in [1.54, 1.807) is 4.90 Å². The van der Waals surface area contributed by atoms with Gasteiger partial charge in [-0.3, -0.25) is 0 Å². The van der Waals surface area contributed by atoms with Gasteiger partial charge in [-0.15, -0.1) is 0 Å². The van der Waals surface area contributed by atoms with Crippen LogP contribution in [0.2, 0.25) is 0 Å². The lowest BCUT2D eigenvalue weighted by Crippen LogP contribution is -2.41. The average molecular weight is 339 g/mol. The number of hydrogen-bond donors (Lipinski definition) is 2. The predicted octanol–water partition coefficient (Wildman–Crippen LogP) is 2.14. The molecule has 2 N–H and O–H groups in total. The second-order valence-electron chi connectivity index (χ2n) is 6.16. The molecule has 1 aromatic carbocycles. The number of carbonyl (C=O) groups excluding carboxylic acids is 2. The zero-order chi connectivity index (χ0) is 17.2. The Balaban J connectivity index is 1.55. The van der Waals surface area contributed by atoms with Crippen LogP contribution in [0.1, 0.15) is 24.8 Å². The van der Waals surface area contributed by atoms with E-state index in [1.807, 2.05) is 0 Å². The standard InChI is InChI=1S/C16H19F2N3O3/c17-12-2-3-13(18)11(8-12)9-19-14(22)21-6-1-4-16(5-7-21)10-20-15(23)24-16/h2-3,8H,1,4-7,9-10H2,(H,19,22)(H,20,23)/t16-/m1/s1. The van der Waals surface area contributed by atoms with Crippen LogP contribution in [0.25, 0.3) is 0 Å². The Hall–Kier alpha value is -2.38. The molecule has 0 saturated carbocycles. The van der Waals surface area contributed by atoms with Gasteiger partial charge in [0.05, 0.1) is 6.54 Å². The molecule has 0 aromatic heterocycles. The van der Waals surface area contributed by atoms with Gasteiger partial charge < -0.3 is 20.3 Å². The van der Waals surface area contributed by atoms with E-state index in [0.29, 0.717) is 38.9 Å². The van der Waals surface area contributed by atoms with Crippen LogP contribution in [-0.2, 0) is 11.3 Å². The number of amides is 3. The Morgan fingerprint density at radius 2 is 2.17 bits per heavy atom. The molecular weight excluding hydrogens is 320 g/mol. The van der Waals surface area contributed by atoms with Gasteiger partial charge in [0, 0.05) is 31.6 Å². The fourth-order valence-corrected chi connectivity index (χ4v) is 3.11. The van der Waals surface area contributed by atoms with E-state index in [4.69, 9.17) is 4.74 Å². The molecule has 2 fully saturated rings. The number of benzene rings is 1. The lowest BCUT2D eigenvalue weighted by molar-refractivity contribution is 0.0453. The van der Waals surface area contributed by atoms with Crippen LogP contribution in [0.3, 0.4) is 0 Å². The minimum absolute atomic E-state index is 0.0827. The normalized spacial score (nSPS) is 23.6. The summed E-state index contributed by atoms with van der Waals surface area (Å²) in [5, 5.41) is 5.26. The first-order valence-corrected chi connectivity index (χ1v) is 7.91.